The van der Waals surface area contributed by atoms with Gasteiger partial charge >= 0.3 is 0 Å². The van der Waals surface area contributed by atoms with Gasteiger partial charge in [-0.1, -0.05) is 6.92 Å². The molecule has 2 aliphatic heterocycles. The van der Waals surface area contributed by atoms with Gasteiger partial charge in [-0.15, -0.1) is 0 Å². The number of piperidine rings is 1. The third-order valence-electron chi connectivity index (χ3n) is 5.99. The van der Waals surface area contributed by atoms with Crippen LogP contribution in [0.4, 0.5) is 11.6 Å². The molecule has 136 valence electrons. The molecule has 0 amide bonds. The Balaban J connectivity index is 1.40. The molecule has 3 aromatic heterocycles. The second kappa shape index (κ2) is 5.91. The fourth-order valence-corrected chi connectivity index (χ4v) is 4.57. The van der Waals surface area contributed by atoms with E-state index >= 15 is 0 Å². The van der Waals surface area contributed by atoms with Crippen molar-refractivity contribution in [1.82, 2.24) is 24.9 Å². The summed E-state index contributed by atoms with van der Waals surface area (Å²) in [5.74, 6) is 2.47. The van der Waals surface area contributed by atoms with E-state index in [1.54, 1.807) is 18.7 Å². The topological polar surface area (TPSA) is 97.6 Å². The van der Waals surface area contributed by atoms with Crippen molar-refractivity contribution in [2.75, 3.05) is 36.0 Å². The zero-order valence-corrected chi connectivity index (χ0v) is 15.1. The van der Waals surface area contributed by atoms with Crippen molar-refractivity contribution in [3.63, 3.8) is 0 Å². The molecule has 2 atom stereocenters. The number of rotatable bonds is 2. The molecule has 8 nitrogen and oxygen atoms in total. The lowest BCUT2D eigenvalue weighted by atomic mass is 9.75. The summed E-state index contributed by atoms with van der Waals surface area (Å²) >= 11 is 0. The summed E-state index contributed by atoms with van der Waals surface area (Å²) in [4.78, 5) is 25.3. The summed E-state index contributed by atoms with van der Waals surface area (Å²) < 4.78 is 0. The molecule has 0 saturated carbocycles. The molecule has 5 heterocycles. The maximum Gasteiger partial charge on any atom is 0.158 e. The second-order valence-corrected chi connectivity index (χ2v) is 7.75. The third-order valence-corrected chi connectivity index (χ3v) is 5.99. The molecule has 0 aromatic carbocycles. The summed E-state index contributed by atoms with van der Waals surface area (Å²) in [7, 11) is 0. The van der Waals surface area contributed by atoms with Gasteiger partial charge in [0.2, 0.25) is 0 Å². The standard InChI is InChI=1S/C19H20N8/c1-19-10-26(18-15-2-4-21-17(15)24-12-25-18)5-3-13(19)9-27(11-19)16-8-22-14(6-20)7-23-16/h2,4,7-8,12-13H,3,5,9-11H2,1H3,(H,21,24,25)/t13-,19+/m1/s1. The van der Waals surface area contributed by atoms with Gasteiger partial charge in [-0.25, -0.2) is 19.9 Å². The first-order valence-electron chi connectivity index (χ1n) is 9.16. The van der Waals surface area contributed by atoms with Gasteiger partial charge in [0.25, 0.3) is 0 Å². The van der Waals surface area contributed by atoms with E-state index in [-0.39, 0.29) is 5.41 Å². The van der Waals surface area contributed by atoms with Crippen molar-refractivity contribution in [3.05, 3.63) is 36.7 Å². The highest BCUT2D eigenvalue weighted by molar-refractivity contribution is 5.87. The first kappa shape index (κ1) is 16.0. The maximum atomic E-state index is 8.92. The lowest BCUT2D eigenvalue weighted by Gasteiger charge is -2.42. The molecule has 2 saturated heterocycles. The lowest BCUT2D eigenvalue weighted by molar-refractivity contribution is 0.216. The first-order chi connectivity index (χ1) is 13.2. The average molecular weight is 360 g/mol. The molecule has 3 aromatic rings. The summed E-state index contributed by atoms with van der Waals surface area (Å²) in [5, 5.41) is 9.99. The summed E-state index contributed by atoms with van der Waals surface area (Å²) in [5.41, 5.74) is 1.39. The minimum Gasteiger partial charge on any atom is -0.355 e. The van der Waals surface area contributed by atoms with E-state index in [0.29, 0.717) is 11.6 Å². The van der Waals surface area contributed by atoms with Gasteiger partial charge in [0.05, 0.1) is 17.8 Å². The van der Waals surface area contributed by atoms with Gasteiger partial charge < -0.3 is 14.8 Å². The van der Waals surface area contributed by atoms with Gasteiger partial charge in [-0.05, 0) is 18.4 Å². The SMILES string of the molecule is C[C@]12CN(c3cnc(C#N)cn3)C[C@H]1CCN(c1ncnc3[nH]ccc13)C2. The number of nitriles is 1. The highest BCUT2D eigenvalue weighted by Gasteiger charge is 2.47. The average Bonchev–Trinajstić information content (AvgIpc) is 3.31. The number of fused-ring (bicyclic) bond motifs is 2. The van der Waals surface area contributed by atoms with Gasteiger partial charge in [-0.3, -0.25) is 0 Å². The number of aromatic nitrogens is 5. The molecule has 0 spiro atoms. The highest BCUT2D eigenvalue weighted by Crippen LogP contribution is 2.44. The van der Waals surface area contributed by atoms with Gasteiger partial charge in [0, 0.05) is 37.8 Å². The van der Waals surface area contributed by atoms with Crippen LogP contribution in [-0.4, -0.2) is 51.1 Å². The quantitative estimate of drug-likeness (QED) is 0.746. The Kier molecular flexibility index (Phi) is 3.50. The smallest absolute Gasteiger partial charge is 0.158 e. The van der Waals surface area contributed by atoms with Crippen molar-refractivity contribution < 1.29 is 0 Å². The number of hydrogen-bond acceptors (Lipinski definition) is 7. The molecular formula is C19H20N8. The second-order valence-electron chi connectivity index (χ2n) is 7.75. The third kappa shape index (κ3) is 2.58. The lowest BCUT2D eigenvalue weighted by Crippen LogP contribution is -2.47. The monoisotopic (exact) mass is 360 g/mol. The molecule has 2 fully saturated rings. The van der Waals surface area contributed by atoms with E-state index in [4.69, 9.17) is 5.26 Å². The molecule has 0 aliphatic carbocycles. The predicted octanol–water partition coefficient (Wildman–Crippen LogP) is 1.97. The van der Waals surface area contributed by atoms with Crippen LogP contribution in [0.15, 0.2) is 31.0 Å². The Morgan fingerprint density at radius 2 is 2.07 bits per heavy atom. The van der Waals surface area contributed by atoms with Crippen molar-refractivity contribution in [1.29, 1.82) is 5.26 Å². The number of hydrogen-bond donors (Lipinski definition) is 1. The fourth-order valence-electron chi connectivity index (χ4n) is 4.57. The molecular weight excluding hydrogens is 340 g/mol. The van der Waals surface area contributed by atoms with E-state index in [1.807, 2.05) is 18.3 Å². The first-order valence-corrected chi connectivity index (χ1v) is 9.16. The normalized spacial score (nSPS) is 24.8. The Bertz CT molecular complexity index is 1020. The van der Waals surface area contributed by atoms with E-state index < -0.39 is 0 Å². The maximum absolute atomic E-state index is 8.92. The van der Waals surface area contributed by atoms with Gasteiger partial charge in [0.15, 0.2) is 5.69 Å². The van der Waals surface area contributed by atoms with Crippen LogP contribution in [0.1, 0.15) is 19.0 Å². The van der Waals surface area contributed by atoms with Crippen LogP contribution in [0, 0.1) is 22.7 Å². The molecule has 27 heavy (non-hydrogen) atoms. The van der Waals surface area contributed by atoms with Crippen LogP contribution in [0.3, 0.4) is 0 Å². The summed E-state index contributed by atoms with van der Waals surface area (Å²) in [6.07, 6.45) is 7.93. The van der Waals surface area contributed by atoms with Crippen LogP contribution in [-0.2, 0) is 0 Å². The molecule has 5 rings (SSSR count). The number of nitrogens with one attached hydrogen (secondary N) is 1. The largest absolute Gasteiger partial charge is 0.355 e. The molecule has 8 heteroatoms. The van der Waals surface area contributed by atoms with Crippen LogP contribution in [0.2, 0.25) is 0 Å². The molecule has 1 N–H and O–H groups in total. The predicted molar refractivity (Wildman–Crippen MR) is 101 cm³/mol. The van der Waals surface area contributed by atoms with E-state index in [1.165, 1.54) is 0 Å². The van der Waals surface area contributed by atoms with Crippen molar-refractivity contribution in [2.45, 2.75) is 13.3 Å². The molecule has 0 radical (unpaired) electrons. The van der Waals surface area contributed by atoms with Gasteiger partial charge in [-0.2, -0.15) is 5.26 Å². The minimum absolute atomic E-state index is 0.154. The van der Waals surface area contributed by atoms with E-state index in [2.05, 4.69) is 41.6 Å². The van der Waals surface area contributed by atoms with Crippen LogP contribution < -0.4 is 9.80 Å². The van der Waals surface area contributed by atoms with E-state index in [0.717, 1.165) is 55.3 Å². The fraction of sp³-hybridized carbons (Fsp3) is 0.421. The van der Waals surface area contributed by atoms with Crippen LogP contribution in [0.5, 0.6) is 0 Å². The van der Waals surface area contributed by atoms with Crippen molar-refractivity contribution in [2.24, 2.45) is 11.3 Å². The van der Waals surface area contributed by atoms with Gasteiger partial charge in [0.1, 0.15) is 29.7 Å². The van der Waals surface area contributed by atoms with E-state index in [9.17, 15) is 0 Å². The molecule has 0 unspecified atom stereocenters. The summed E-state index contributed by atoms with van der Waals surface area (Å²) in [6.45, 7) is 6.21. The molecule has 0 bridgehead atoms. The zero-order valence-electron chi connectivity index (χ0n) is 15.1. The van der Waals surface area contributed by atoms with Crippen LogP contribution >= 0.6 is 0 Å². The highest BCUT2D eigenvalue weighted by atomic mass is 15.3. The summed E-state index contributed by atoms with van der Waals surface area (Å²) in [6, 6.07) is 4.07. The minimum atomic E-state index is 0.154. The Morgan fingerprint density at radius 3 is 2.89 bits per heavy atom. The van der Waals surface area contributed by atoms with Crippen molar-refractivity contribution >= 4 is 22.7 Å². The Morgan fingerprint density at radius 1 is 1.19 bits per heavy atom. The number of aromatic amines is 1. The number of H-pyrrole nitrogens is 1. The number of anilines is 2. The zero-order chi connectivity index (χ0) is 18.4. The van der Waals surface area contributed by atoms with Crippen LogP contribution in [0.25, 0.3) is 11.0 Å². The Labute approximate surface area is 156 Å². The number of nitrogens with zero attached hydrogens (tertiary/aromatic N) is 7. The van der Waals surface area contributed by atoms with Crippen molar-refractivity contribution in [3.8, 4) is 6.07 Å². The molecule has 2 aliphatic rings. The Hall–Kier alpha value is -3.21.